The van der Waals surface area contributed by atoms with E-state index in [1.165, 1.54) is 36.8 Å². The van der Waals surface area contributed by atoms with Crippen molar-refractivity contribution in [3.8, 4) is 16.9 Å². The first-order chi connectivity index (χ1) is 19.1. The van der Waals surface area contributed by atoms with Crippen molar-refractivity contribution in [2.75, 3.05) is 13.2 Å². The smallest absolute Gasteiger partial charge is 0.307 e. The van der Waals surface area contributed by atoms with Gasteiger partial charge in [-0.3, -0.25) is 9.69 Å². The van der Waals surface area contributed by atoms with Gasteiger partial charge in [-0.05, 0) is 142 Å². The highest BCUT2D eigenvalue weighted by Gasteiger charge is 2.34. The van der Waals surface area contributed by atoms with E-state index in [2.05, 4.69) is 32.6 Å². The number of aliphatic hydroxyl groups is 1. The lowest BCUT2D eigenvalue weighted by atomic mass is 9.74. The Morgan fingerprint density at radius 3 is 2.29 bits per heavy atom. The molecule has 2 N–H and O–H groups in total. The molecule has 0 unspecified atom stereocenters. The Balaban J connectivity index is 0.000000714. The van der Waals surface area contributed by atoms with Gasteiger partial charge in [-0.2, -0.15) is 0 Å². The van der Waals surface area contributed by atoms with Gasteiger partial charge in [0.2, 0.25) is 0 Å². The number of ether oxygens (including phenoxy) is 1. The first-order valence-corrected chi connectivity index (χ1v) is 15.3. The number of fused-ring (bicyclic) bond motifs is 2. The average Bonchev–Trinajstić information content (AvgIpc) is 2.88. The van der Waals surface area contributed by atoms with Gasteiger partial charge in [0.25, 0.3) is 0 Å². The molecule has 2 aliphatic heterocycles. The predicted molar refractivity (Wildman–Crippen MR) is 163 cm³/mol. The second-order valence-electron chi connectivity index (χ2n) is 14.2. The number of rotatable bonds is 4. The normalized spacial score (nSPS) is 19.0. The Morgan fingerprint density at radius 1 is 1.05 bits per heavy atom. The molecule has 0 spiro atoms. The summed E-state index contributed by atoms with van der Waals surface area (Å²) in [6, 6.07) is 2.19. The van der Waals surface area contributed by atoms with E-state index in [1.54, 1.807) is 26.8 Å². The molecular formula is C35H50FNO4. The molecule has 1 fully saturated rings. The fourth-order valence-corrected chi connectivity index (χ4v) is 7.00. The molecule has 5 nitrogen and oxygen atoms in total. The van der Waals surface area contributed by atoms with Gasteiger partial charge in [-0.1, -0.05) is 13.8 Å². The Hall–Kier alpha value is -2.44. The molecule has 0 bridgehead atoms. The van der Waals surface area contributed by atoms with E-state index >= 15 is 4.39 Å². The Morgan fingerprint density at radius 2 is 1.68 bits per heavy atom. The van der Waals surface area contributed by atoms with Crippen molar-refractivity contribution >= 4 is 5.97 Å². The molecule has 1 aliphatic carbocycles. The molecule has 226 valence electrons. The van der Waals surface area contributed by atoms with Gasteiger partial charge in [0, 0.05) is 24.7 Å². The summed E-state index contributed by atoms with van der Waals surface area (Å²) in [5, 5.41) is 18.3. The van der Waals surface area contributed by atoms with Crippen LogP contribution < -0.4 is 4.74 Å². The van der Waals surface area contributed by atoms with E-state index in [0.29, 0.717) is 23.8 Å². The van der Waals surface area contributed by atoms with E-state index in [-0.39, 0.29) is 12.2 Å². The minimum absolute atomic E-state index is 0.0502. The molecule has 0 radical (unpaired) electrons. The molecule has 0 atom stereocenters. The average molecular weight is 568 g/mol. The number of carboxylic acids is 1. The number of hydrogen-bond acceptors (Lipinski definition) is 4. The van der Waals surface area contributed by atoms with Crippen LogP contribution >= 0.6 is 0 Å². The maximum Gasteiger partial charge on any atom is 0.307 e. The highest BCUT2D eigenvalue weighted by atomic mass is 19.1. The first kappa shape index (κ1) is 31.5. The molecule has 1 saturated carbocycles. The quantitative estimate of drug-likeness (QED) is 0.401. The van der Waals surface area contributed by atoms with Crippen LogP contribution in [0.4, 0.5) is 4.39 Å². The van der Waals surface area contributed by atoms with Gasteiger partial charge in [-0.25, -0.2) is 4.39 Å². The molecule has 0 amide bonds. The fourth-order valence-electron chi connectivity index (χ4n) is 7.00. The number of halogens is 1. The third kappa shape index (κ3) is 7.14. The number of benzene rings is 2. The molecule has 3 aliphatic rings. The van der Waals surface area contributed by atoms with Crippen molar-refractivity contribution < 1.29 is 24.1 Å². The van der Waals surface area contributed by atoms with Gasteiger partial charge in [-0.15, -0.1) is 0 Å². The third-order valence-electron chi connectivity index (χ3n) is 9.27. The Labute approximate surface area is 246 Å². The van der Waals surface area contributed by atoms with Crippen LogP contribution in [0.15, 0.2) is 6.07 Å². The topological polar surface area (TPSA) is 70.0 Å². The number of carbonyl (C=O) groups is 1. The lowest BCUT2D eigenvalue weighted by Crippen LogP contribution is -2.43. The predicted octanol–water partition coefficient (Wildman–Crippen LogP) is 7.47. The SMILES string of the molecule is CC(C)(C)O.Cc1c(-c2c(C)c3c(c(C)c2CC(=O)O)CCN(C2CCC(C)(C)CC2)C3)cc(F)c2c1CCCO2. The molecule has 2 aromatic carbocycles. The van der Waals surface area contributed by atoms with Crippen molar-refractivity contribution in [2.24, 2.45) is 5.41 Å². The number of aliphatic carboxylic acids is 1. The van der Waals surface area contributed by atoms with Crippen LogP contribution in [0.2, 0.25) is 0 Å². The zero-order chi connectivity index (χ0) is 30.3. The summed E-state index contributed by atoms with van der Waals surface area (Å²) in [4.78, 5) is 14.6. The Bertz CT molecular complexity index is 1290. The van der Waals surface area contributed by atoms with Crippen LogP contribution in [-0.4, -0.2) is 45.9 Å². The van der Waals surface area contributed by atoms with E-state index in [1.807, 2.05) is 6.92 Å². The molecule has 5 rings (SSSR count). The monoisotopic (exact) mass is 567 g/mol. The Kier molecular flexibility index (Phi) is 9.25. The van der Waals surface area contributed by atoms with Crippen LogP contribution in [0.1, 0.15) is 106 Å². The van der Waals surface area contributed by atoms with E-state index in [9.17, 15) is 9.90 Å². The summed E-state index contributed by atoms with van der Waals surface area (Å²) in [7, 11) is 0. The lowest BCUT2D eigenvalue weighted by molar-refractivity contribution is -0.136. The highest BCUT2D eigenvalue weighted by Crippen LogP contribution is 2.44. The summed E-state index contributed by atoms with van der Waals surface area (Å²) in [5.41, 5.74) is 9.29. The zero-order valence-corrected chi connectivity index (χ0v) is 26.5. The minimum atomic E-state index is -0.847. The summed E-state index contributed by atoms with van der Waals surface area (Å²) >= 11 is 0. The van der Waals surface area contributed by atoms with Gasteiger partial charge >= 0.3 is 5.97 Å². The standard InChI is InChI=1S/C31H40FNO3.C4H10O/c1-18-22-10-13-33(21-8-11-31(4,5)12-9-21)17-26(22)20(3)29(25(18)16-28(34)35)24-15-27(32)30-23(19(24)2)7-6-14-36-30;1-4(2,3)5/h15,21H,6-14,16-17H2,1-5H3,(H,34,35);5H,1-3H3. The number of hydrogen-bond donors (Lipinski definition) is 2. The largest absolute Gasteiger partial charge is 0.490 e. The maximum atomic E-state index is 15.3. The first-order valence-electron chi connectivity index (χ1n) is 15.3. The highest BCUT2D eigenvalue weighted by molar-refractivity contribution is 5.83. The zero-order valence-electron chi connectivity index (χ0n) is 26.5. The lowest BCUT2D eigenvalue weighted by Gasteiger charge is -2.43. The summed E-state index contributed by atoms with van der Waals surface area (Å²) in [6.45, 7) is 18.7. The molecule has 6 heteroatoms. The van der Waals surface area contributed by atoms with Crippen LogP contribution in [0.25, 0.3) is 11.1 Å². The van der Waals surface area contributed by atoms with Gasteiger partial charge in [0.15, 0.2) is 11.6 Å². The van der Waals surface area contributed by atoms with Crippen molar-refractivity contribution in [1.29, 1.82) is 0 Å². The maximum absolute atomic E-state index is 15.3. The number of carboxylic acid groups (broad SMARTS) is 1. The summed E-state index contributed by atoms with van der Waals surface area (Å²) in [5.74, 6) is -0.811. The second-order valence-corrected chi connectivity index (χ2v) is 14.2. The van der Waals surface area contributed by atoms with Gasteiger partial charge in [0.05, 0.1) is 18.6 Å². The fraction of sp³-hybridized carbons (Fsp3) is 0.629. The van der Waals surface area contributed by atoms with E-state index in [0.717, 1.165) is 71.3 Å². The summed E-state index contributed by atoms with van der Waals surface area (Å²) in [6.07, 6.45) is 7.54. The second kappa shape index (κ2) is 12.0. The van der Waals surface area contributed by atoms with Crippen molar-refractivity contribution in [1.82, 2.24) is 4.90 Å². The molecule has 41 heavy (non-hydrogen) atoms. The van der Waals surface area contributed by atoms with Crippen molar-refractivity contribution in [3.63, 3.8) is 0 Å². The van der Waals surface area contributed by atoms with Gasteiger partial charge in [0.1, 0.15) is 0 Å². The van der Waals surface area contributed by atoms with Crippen LogP contribution in [0.5, 0.6) is 5.75 Å². The van der Waals surface area contributed by atoms with E-state index in [4.69, 9.17) is 9.84 Å². The molecule has 2 heterocycles. The minimum Gasteiger partial charge on any atom is -0.490 e. The molecule has 0 saturated heterocycles. The van der Waals surface area contributed by atoms with E-state index < -0.39 is 11.6 Å². The number of nitrogens with zero attached hydrogens (tertiary/aromatic N) is 1. The van der Waals surface area contributed by atoms with Gasteiger partial charge < -0.3 is 14.9 Å². The third-order valence-corrected chi connectivity index (χ3v) is 9.27. The van der Waals surface area contributed by atoms with Crippen molar-refractivity contribution in [2.45, 2.75) is 125 Å². The van der Waals surface area contributed by atoms with Crippen LogP contribution in [0, 0.1) is 32.0 Å². The summed E-state index contributed by atoms with van der Waals surface area (Å²) < 4.78 is 21.0. The van der Waals surface area contributed by atoms with Crippen LogP contribution in [0.3, 0.4) is 0 Å². The molecular weight excluding hydrogens is 517 g/mol. The molecule has 2 aromatic rings. The van der Waals surface area contributed by atoms with Crippen LogP contribution in [-0.2, 0) is 30.6 Å². The molecule has 0 aromatic heterocycles. The van der Waals surface area contributed by atoms with Crippen molar-refractivity contribution in [3.05, 3.63) is 50.8 Å².